The summed E-state index contributed by atoms with van der Waals surface area (Å²) >= 11 is 1.42. The fraction of sp³-hybridized carbons (Fsp3) is 0.300. The molecule has 0 aliphatic rings. The number of nitrogens with zero attached hydrogens (tertiary/aromatic N) is 2. The number of carboxylic acid groups (broad SMARTS) is 1. The molecule has 0 unspecified atom stereocenters. The Morgan fingerprint density at radius 2 is 2.41 bits per heavy atom. The lowest BCUT2D eigenvalue weighted by molar-refractivity contribution is -0.137. The van der Waals surface area contributed by atoms with Crippen molar-refractivity contribution in [3.8, 4) is 12.3 Å². The second-order valence-corrected chi connectivity index (χ2v) is 3.81. The van der Waals surface area contributed by atoms with Gasteiger partial charge in [0.15, 0.2) is 0 Å². The Morgan fingerprint density at radius 1 is 1.65 bits per heavy atom. The maximum Gasteiger partial charge on any atom is 0.323 e. The Hall–Kier alpha value is -2.07. The number of rotatable bonds is 5. The van der Waals surface area contributed by atoms with Gasteiger partial charge >= 0.3 is 12.0 Å². The standard InChI is InChI=1S/C10H11N3O3S/c1-2-3-13(5-9(14)15)10(16)11-4-8-6-17-7-12-8/h1,6-7H,3-5H2,(H,11,16)(H,14,15). The van der Waals surface area contributed by atoms with Gasteiger partial charge in [-0.25, -0.2) is 9.78 Å². The van der Waals surface area contributed by atoms with E-state index in [2.05, 4.69) is 16.2 Å². The van der Waals surface area contributed by atoms with Crippen LogP contribution in [0, 0.1) is 12.3 Å². The second-order valence-electron chi connectivity index (χ2n) is 3.09. The van der Waals surface area contributed by atoms with Gasteiger partial charge in [-0.05, 0) is 0 Å². The minimum atomic E-state index is -1.11. The largest absolute Gasteiger partial charge is 0.480 e. The van der Waals surface area contributed by atoms with Crippen LogP contribution in [-0.4, -0.2) is 40.1 Å². The molecule has 7 heteroatoms. The minimum Gasteiger partial charge on any atom is -0.480 e. The highest BCUT2D eigenvalue weighted by Gasteiger charge is 2.15. The number of terminal acetylenes is 1. The molecule has 6 nitrogen and oxygen atoms in total. The lowest BCUT2D eigenvalue weighted by Gasteiger charge is -2.18. The number of aromatic nitrogens is 1. The highest BCUT2D eigenvalue weighted by molar-refractivity contribution is 7.07. The van der Waals surface area contributed by atoms with E-state index < -0.39 is 18.5 Å². The topological polar surface area (TPSA) is 82.5 Å². The fourth-order valence-electron chi connectivity index (χ4n) is 1.08. The predicted octanol–water partition coefficient (Wildman–Crippen LogP) is 0.373. The summed E-state index contributed by atoms with van der Waals surface area (Å²) in [6.07, 6.45) is 5.06. The van der Waals surface area contributed by atoms with Gasteiger partial charge in [0.25, 0.3) is 0 Å². The van der Waals surface area contributed by atoms with Crippen molar-refractivity contribution in [3.05, 3.63) is 16.6 Å². The van der Waals surface area contributed by atoms with Crippen LogP contribution in [0.15, 0.2) is 10.9 Å². The number of carbonyl (C=O) groups excluding carboxylic acids is 1. The first-order valence-electron chi connectivity index (χ1n) is 4.68. The molecule has 1 heterocycles. The van der Waals surface area contributed by atoms with Crippen molar-refractivity contribution in [2.45, 2.75) is 6.54 Å². The molecule has 1 aromatic rings. The molecule has 90 valence electrons. The molecule has 0 spiro atoms. The van der Waals surface area contributed by atoms with E-state index >= 15 is 0 Å². The second kappa shape index (κ2) is 6.50. The Kier molecular flexibility index (Phi) is 4.97. The van der Waals surface area contributed by atoms with Crippen molar-refractivity contribution in [2.24, 2.45) is 0 Å². The first kappa shape index (κ1) is 13.0. The van der Waals surface area contributed by atoms with E-state index in [1.165, 1.54) is 11.3 Å². The zero-order valence-corrected chi connectivity index (χ0v) is 9.74. The molecule has 2 amide bonds. The summed E-state index contributed by atoms with van der Waals surface area (Å²) in [4.78, 5) is 27.1. The Labute approximate surface area is 102 Å². The minimum absolute atomic E-state index is 0.0464. The van der Waals surface area contributed by atoms with Crippen LogP contribution in [0.25, 0.3) is 0 Å². The predicted molar refractivity (Wildman–Crippen MR) is 62.4 cm³/mol. The summed E-state index contributed by atoms with van der Waals surface area (Å²) < 4.78 is 0. The smallest absolute Gasteiger partial charge is 0.323 e. The third-order valence-electron chi connectivity index (χ3n) is 1.80. The van der Waals surface area contributed by atoms with E-state index in [0.29, 0.717) is 0 Å². The molecular weight excluding hydrogens is 242 g/mol. The van der Waals surface area contributed by atoms with Crippen molar-refractivity contribution in [3.63, 3.8) is 0 Å². The number of hydrogen-bond donors (Lipinski definition) is 2. The fourth-order valence-corrected chi connectivity index (χ4v) is 1.63. The van der Waals surface area contributed by atoms with Crippen molar-refractivity contribution in [2.75, 3.05) is 13.1 Å². The van der Waals surface area contributed by atoms with Crippen molar-refractivity contribution in [1.29, 1.82) is 0 Å². The summed E-state index contributed by atoms with van der Waals surface area (Å²) in [5, 5.41) is 13.0. The number of carbonyl (C=O) groups is 2. The molecule has 0 bridgehead atoms. The summed E-state index contributed by atoms with van der Waals surface area (Å²) in [5.41, 5.74) is 2.37. The highest BCUT2D eigenvalue weighted by Crippen LogP contribution is 2.00. The zero-order valence-electron chi connectivity index (χ0n) is 8.92. The Morgan fingerprint density at radius 3 is 2.94 bits per heavy atom. The zero-order chi connectivity index (χ0) is 12.7. The molecule has 0 atom stereocenters. The van der Waals surface area contributed by atoms with E-state index in [-0.39, 0.29) is 13.1 Å². The van der Waals surface area contributed by atoms with E-state index in [9.17, 15) is 9.59 Å². The van der Waals surface area contributed by atoms with Gasteiger partial charge < -0.3 is 15.3 Å². The van der Waals surface area contributed by atoms with Gasteiger partial charge in [0.2, 0.25) is 0 Å². The van der Waals surface area contributed by atoms with Crippen molar-refractivity contribution >= 4 is 23.3 Å². The summed E-state index contributed by atoms with van der Waals surface area (Å²) in [7, 11) is 0. The van der Waals surface area contributed by atoms with Crippen LogP contribution in [0.3, 0.4) is 0 Å². The molecule has 0 aliphatic heterocycles. The Balaban J connectivity index is 2.47. The lowest BCUT2D eigenvalue weighted by Crippen LogP contribution is -2.42. The SMILES string of the molecule is C#CCN(CC(=O)O)C(=O)NCc1cscn1. The molecule has 0 fully saturated rings. The quantitative estimate of drug-likeness (QED) is 0.743. The van der Waals surface area contributed by atoms with Crippen LogP contribution in [0.5, 0.6) is 0 Å². The molecule has 2 N–H and O–H groups in total. The Bertz CT molecular complexity index is 425. The number of hydrogen-bond acceptors (Lipinski definition) is 4. The van der Waals surface area contributed by atoms with Gasteiger partial charge in [-0.1, -0.05) is 5.92 Å². The van der Waals surface area contributed by atoms with E-state index in [1.807, 2.05) is 0 Å². The molecule has 1 aromatic heterocycles. The highest BCUT2D eigenvalue weighted by atomic mass is 32.1. The van der Waals surface area contributed by atoms with Crippen LogP contribution in [-0.2, 0) is 11.3 Å². The molecular formula is C10H11N3O3S. The maximum absolute atomic E-state index is 11.6. The van der Waals surface area contributed by atoms with Crippen molar-refractivity contribution in [1.82, 2.24) is 15.2 Å². The molecule has 0 radical (unpaired) electrons. The molecule has 1 rings (SSSR count). The molecule has 0 saturated carbocycles. The third kappa shape index (κ3) is 4.53. The summed E-state index contributed by atoms with van der Waals surface area (Å²) in [6, 6.07) is -0.515. The van der Waals surface area contributed by atoms with E-state index in [1.54, 1.807) is 10.9 Å². The number of thiazole rings is 1. The summed E-state index contributed by atoms with van der Waals surface area (Å²) in [6.45, 7) is -0.217. The average molecular weight is 253 g/mol. The van der Waals surface area contributed by atoms with Gasteiger partial charge in [-0.3, -0.25) is 4.79 Å². The lowest BCUT2D eigenvalue weighted by atomic mass is 10.4. The number of amides is 2. The molecule has 17 heavy (non-hydrogen) atoms. The number of nitrogens with one attached hydrogen (secondary N) is 1. The van der Waals surface area contributed by atoms with Crippen LogP contribution >= 0.6 is 11.3 Å². The van der Waals surface area contributed by atoms with Crippen LogP contribution in [0.2, 0.25) is 0 Å². The summed E-state index contributed by atoms with van der Waals surface area (Å²) in [5.74, 6) is 1.13. The number of urea groups is 1. The van der Waals surface area contributed by atoms with Gasteiger partial charge in [0, 0.05) is 5.38 Å². The molecule has 0 aliphatic carbocycles. The van der Waals surface area contributed by atoms with E-state index in [4.69, 9.17) is 11.5 Å². The molecule has 0 aromatic carbocycles. The normalized spacial score (nSPS) is 9.35. The van der Waals surface area contributed by atoms with Crippen LogP contribution in [0.1, 0.15) is 5.69 Å². The van der Waals surface area contributed by atoms with Gasteiger partial charge in [-0.2, -0.15) is 0 Å². The van der Waals surface area contributed by atoms with Crippen LogP contribution < -0.4 is 5.32 Å². The number of aliphatic carboxylic acids is 1. The van der Waals surface area contributed by atoms with Crippen molar-refractivity contribution < 1.29 is 14.7 Å². The first-order chi connectivity index (χ1) is 8.13. The van der Waals surface area contributed by atoms with Gasteiger partial charge in [0.1, 0.15) is 6.54 Å². The first-order valence-corrected chi connectivity index (χ1v) is 5.63. The van der Waals surface area contributed by atoms with Gasteiger partial charge in [0.05, 0.1) is 24.3 Å². The average Bonchev–Trinajstić information content (AvgIpc) is 2.77. The number of carboxylic acids is 1. The third-order valence-corrected chi connectivity index (χ3v) is 2.43. The maximum atomic E-state index is 11.6. The van der Waals surface area contributed by atoms with E-state index in [0.717, 1.165) is 10.6 Å². The van der Waals surface area contributed by atoms with Crippen LogP contribution in [0.4, 0.5) is 4.79 Å². The molecule has 0 saturated heterocycles. The monoisotopic (exact) mass is 253 g/mol. The van der Waals surface area contributed by atoms with Gasteiger partial charge in [-0.15, -0.1) is 17.8 Å².